The van der Waals surface area contributed by atoms with Crippen molar-refractivity contribution in [3.63, 3.8) is 0 Å². The highest BCUT2D eigenvalue weighted by Crippen LogP contribution is 2.37. The summed E-state index contributed by atoms with van der Waals surface area (Å²) in [5.74, 6) is -1.41. The summed E-state index contributed by atoms with van der Waals surface area (Å²) in [5, 5.41) is 0. The number of benzene rings is 3. The zero-order valence-corrected chi connectivity index (χ0v) is 18.5. The summed E-state index contributed by atoms with van der Waals surface area (Å²) in [6, 6.07) is 16.5. The first kappa shape index (κ1) is 23.7. The van der Waals surface area contributed by atoms with Gasteiger partial charge in [0.05, 0.1) is 17.3 Å². The van der Waals surface area contributed by atoms with E-state index >= 15 is 0 Å². The summed E-state index contributed by atoms with van der Waals surface area (Å²) in [5.41, 5.74) is 3.43. The van der Waals surface area contributed by atoms with Gasteiger partial charge in [-0.05, 0) is 52.4 Å². The quantitative estimate of drug-likeness (QED) is 0.345. The van der Waals surface area contributed by atoms with Crippen LogP contribution in [0.25, 0.3) is 11.1 Å². The minimum Gasteiger partial charge on any atom is -0.406 e. The molecular formula is C27H22F5NO. The van der Waals surface area contributed by atoms with Crippen LogP contribution in [0.4, 0.5) is 22.0 Å². The lowest BCUT2D eigenvalue weighted by molar-refractivity contribution is -0.274. The molecule has 0 amide bonds. The van der Waals surface area contributed by atoms with E-state index in [-0.39, 0.29) is 23.3 Å². The molecule has 3 aromatic carbocycles. The van der Waals surface area contributed by atoms with Gasteiger partial charge in [-0.25, -0.2) is 8.78 Å². The SMILES string of the molecule is CC(C)C=C1C[C@H](c2ccc(-c3ccc(OC(F)(F)F)cc3)cc2)N=C1c1c(F)cccc1F. The largest absolute Gasteiger partial charge is 0.573 e. The van der Waals surface area contributed by atoms with Gasteiger partial charge in [0.2, 0.25) is 0 Å². The molecule has 0 fully saturated rings. The van der Waals surface area contributed by atoms with Crippen LogP contribution < -0.4 is 4.74 Å². The number of hydrogen-bond acceptors (Lipinski definition) is 2. The first-order valence-corrected chi connectivity index (χ1v) is 10.8. The molecule has 7 heteroatoms. The van der Waals surface area contributed by atoms with Gasteiger partial charge < -0.3 is 4.74 Å². The number of alkyl halides is 3. The van der Waals surface area contributed by atoms with Gasteiger partial charge in [-0.15, -0.1) is 13.2 Å². The number of hydrogen-bond donors (Lipinski definition) is 0. The third-order valence-electron chi connectivity index (χ3n) is 5.45. The average Bonchev–Trinajstić information content (AvgIpc) is 3.16. The first-order chi connectivity index (χ1) is 16.1. The highest BCUT2D eigenvalue weighted by atomic mass is 19.4. The van der Waals surface area contributed by atoms with Gasteiger partial charge in [-0.3, -0.25) is 4.99 Å². The predicted octanol–water partition coefficient (Wildman–Crippen LogP) is 8.05. The minimum absolute atomic E-state index is 0.116. The molecule has 3 aromatic rings. The Hall–Kier alpha value is -3.48. The smallest absolute Gasteiger partial charge is 0.406 e. The van der Waals surface area contributed by atoms with Gasteiger partial charge in [-0.1, -0.05) is 62.4 Å². The van der Waals surface area contributed by atoms with E-state index in [9.17, 15) is 22.0 Å². The third kappa shape index (κ3) is 5.35. The highest BCUT2D eigenvalue weighted by molar-refractivity contribution is 6.14. The van der Waals surface area contributed by atoms with Crippen molar-refractivity contribution in [1.82, 2.24) is 0 Å². The van der Waals surface area contributed by atoms with Crippen LogP contribution in [0.3, 0.4) is 0 Å². The second-order valence-electron chi connectivity index (χ2n) is 8.42. The Morgan fingerprint density at radius 3 is 1.97 bits per heavy atom. The second-order valence-corrected chi connectivity index (χ2v) is 8.42. The Labute approximate surface area is 194 Å². The van der Waals surface area contributed by atoms with E-state index in [2.05, 4.69) is 9.73 Å². The molecule has 0 unspecified atom stereocenters. The van der Waals surface area contributed by atoms with Gasteiger partial charge in [0.15, 0.2) is 0 Å². The van der Waals surface area contributed by atoms with Crippen LogP contribution in [0.2, 0.25) is 0 Å². The summed E-state index contributed by atoms with van der Waals surface area (Å²) < 4.78 is 69.9. The Morgan fingerprint density at radius 2 is 1.44 bits per heavy atom. The fraction of sp³-hybridized carbons (Fsp3) is 0.222. The summed E-state index contributed by atoms with van der Waals surface area (Å²) in [6.07, 6.45) is -2.24. The topological polar surface area (TPSA) is 21.6 Å². The molecule has 1 aliphatic rings. The molecule has 1 atom stereocenters. The van der Waals surface area contributed by atoms with Gasteiger partial charge in [0.25, 0.3) is 0 Å². The van der Waals surface area contributed by atoms with Crippen LogP contribution in [-0.2, 0) is 0 Å². The summed E-state index contributed by atoms with van der Waals surface area (Å²) in [7, 11) is 0. The molecule has 0 saturated carbocycles. The van der Waals surface area contributed by atoms with Crippen molar-refractivity contribution >= 4 is 5.71 Å². The molecule has 1 aliphatic heterocycles. The Kier molecular flexibility index (Phi) is 6.55. The molecule has 2 nitrogen and oxygen atoms in total. The second kappa shape index (κ2) is 9.41. The number of halogens is 5. The maximum absolute atomic E-state index is 14.5. The Balaban J connectivity index is 1.60. The molecule has 0 spiro atoms. The number of rotatable bonds is 5. The van der Waals surface area contributed by atoms with Crippen molar-refractivity contribution < 1.29 is 26.7 Å². The molecule has 0 N–H and O–H groups in total. The van der Waals surface area contributed by atoms with Gasteiger partial charge in [0.1, 0.15) is 17.4 Å². The molecule has 0 aliphatic carbocycles. The van der Waals surface area contributed by atoms with Crippen molar-refractivity contribution in [2.45, 2.75) is 32.7 Å². The zero-order valence-electron chi connectivity index (χ0n) is 18.5. The van der Waals surface area contributed by atoms with Crippen LogP contribution >= 0.6 is 0 Å². The summed E-state index contributed by atoms with van der Waals surface area (Å²) in [4.78, 5) is 4.68. The fourth-order valence-electron chi connectivity index (χ4n) is 4.03. The summed E-state index contributed by atoms with van der Waals surface area (Å²) in [6.45, 7) is 3.99. The van der Waals surface area contributed by atoms with E-state index in [1.807, 2.05) is 44.2 Å². The van der Waals surface area contributed by atoms with Crippen LogP contribution in [0.15, 0.2) is 83.4 Å². The molecule has 176 valence electrons. The molecule has 4 rings (SSSR count). The number of aliphatic imine (C=N–C) groups is 1. The van der Waals surface area contributed by atoms with E-state index in [0.29, 0.717) is 12.1 Å². The number of allylic oxidation sites excluding steroid dienone is 1. The van der Waals surface area contributed by atoms with E-state index in [1.165, 1.54) is 30.3 Å². The van der Waals surface area contributed by atoms with Crippen molar-refractivity contribution in [3.05, 3.63) is 101 Å². The molecule has 0 bridgehead atoms. The zero-order chi connectivity index (χ0) is 24.5. The average molecular weight is 471 g/mol. The van der Waals surface area contributed by atoms with E-state index in [4.69, 9.17) is 0 Å². The van der Waals surface area contributed by atoms with Crippen LogP contribution in [0, 0.1) is 17.6 Å². The van der Waals surface area contributed by atoms with Gasteiger partial charge >= 0.3 is 6.36 Å². The molecule has 0 saturated heterocycles. The molecule has 0 radical (unpaired) electrons. The molecule has 0 aromatic heterocycles. The van der Waals surface area contributed by atoms with Gasteiger partial charge in [-0.2, -0.15) is 0 Å². The lowest BCUT2D eigenvalue weighted by atomic mass is 9.94. The highest BCUT2D eigenvalue weighted by Gasteiger charge is 2.31. The van der Waals surface area contributed by atoms with Crippen LogP contribution in [0.5, 0.6) is 5.75 Å². The van der Waals surface area contributed by atoms with Crippen molar-refractivity contribution in [2.24, 2.45) is 10.9 Å². The Morgan fingerprint density at radius 1 is 0.882 bits per heavy atom. The number of ether oxygens (including phenoxy) is 1. The predicted molar refractivity (Wildman–Crippen MR) is 122 cm³/mol. The molecule has 34 heavy (non-hydrogen) atoms. The van der Waals surface area contributed by atoms with E-state index in [0.717, 1.165) is 22.3 Å². The lowest BCUT2D eigenvalue weighted by Gasteiger charge is -2.11. The van der Waals surface area contributed by atoms with E-state index < -0.39 is 18.0 Å². The van der Waals surface area contributed by atoms with Crippen molar-refractivity contribution in [1.29, 1.82) is 0 Å². The van der Waals surface area contributed by atoms with E-state index in [1.54, 1.807) is 12.1 Å². The maximum atomic E-state index is 14.5. The van der Waals surface area contributed by atoms with Crippen molar-refractivity contribution in [2.75, 3.05) is 0 Å². The Bertz CT molecular complexity index is 1210. The van der Waals surface area contributed by atoms with Crippen LogP contribution in [0.1, 0.15) is 37.4 Å². The lowest BCUT2D eigenvalue weighted by Crippen LogP contribution is -2.16. The first-order valence-electron chi connectivity index (χ1n) is 10.8. The third-order valence-corrected chi connectivity index (χ3v) is 5.45. The fourth-order valence-corrected chi connectivity index (χ4v) is 4.03. The minimum atomic E-state index is -4.74. The monoisotopic (exact) mass is 471 g/mol. The summed E-state index contributed by atoms with van der Waals surface area (Å²) >= 11 is 0. The normalized spacial score (nSPS) is 17.4. The molecule has 1 heterocycles. The maximum Gasteiger partial charge on any atom is 0.573 e. The molecular weight excluding hydrogens is 449 g/mol. The standard InChI is InChI=1S/C27H22F5NO/c1-16(2)14-20-15-24(33-26(20)25-22(28)4-3-5-23(25)29)19-8-6-17(7-9-19)18-10-12-21(13-11-18)34-27(30,31)32/h3-14,16,24H,15H2,1-2H3/t24-/m1/s1. The van der Waals surface area contributed by atoms with Gasteiger partial charge in [0, 0.05) is 6.42 Å². The van der Waals surface area contributed by atoms with Crippen molar-refractivity contribution in [3.8, 4) is 16.9 Å². The van der Waals surface area contributed by atoms with Crippen LogP contribution in [-0.4, -0.2) is 12.1 Å². The number of nitrogens with zero attached hydrogens (tertiary/aromatic N) is 1.